The van der Waals surface area contributed by atoms with Gasteiger partial charge in [0, 0.05) is 12.4 Å². The smallest absolute Gasteiger partial charge is 0.233 e. The highest BCUT2D eigenvalue weighted by molar-refractivity contribution is 7.14. The average Bonchev–Trinajstić information content (AvgIpc) is 3.09. The van der Waals surface area contributed by atoms with Crippen LogP contribution in [0, 0.1) is 5.82 Å². The summed E-state index contributed by atoms with van der Waals surface area (Å²) >= 11 is 1.36. The minimum Gasteiger partial charge on any atom is -0.394 e. The molecule has 0 spiro atoms. The minimum atomic E-state index is -0.446. The third kappa shape index (κ3) is 5.24. The summed E-state index contributed by atoms with van der Waals surface area (Å²) in [6.45, 7) is 2.29. The number of thiazole rings is 1. The van der Waals surface area contributed by atoms with Crippen molar-refractivity contribution in [3.8, 4) is 0 Å². The van der Waals surface area contributed by atoms with Crippen molar-refractivity contribution in [2.45, 2.75) is 19.3 Å². The molecule has 0 radical (unpaired) electrons. The molecule has 2 aromatic rings. The van der Waals surface area contributed by atoms with Gasteiger partial charge in [-0.15, -0.1) is 11.3 Å². The van der Waals surface area contributed by atoms with Gasteiger partial charge in [-0.2, -0.15) is 0 Å². The Balaban J connectivity index is 2.14. The van der Waals surface area contributed by atoms with Crippen molar-refractivity contribution in [3.63, 3.8) is 0 Å². The Morgan fingerprint density at radius 3 is 2.73 bits per heavy atom. The molecule has 0 aliphatic rings. The topological polar surface area (TPSA) is 80.0 Å². The van der Waals surface area contributed by atoms with E-state index in [1.54, 1.807) is 12.1 Å². The zero-order valence-corrected chi connectivity index (χ0v) is 15.6. The Hall–Kier alpha value is -2.51. The number of nitrogens with two attached hydrogens (primary N) is 1. The monoisotopic (exact) mass is 374 g/mol. The minimum absolute atomic E-state index is 0.198. The molecule has 1 amide bonds. The van der Waals surface area contributed by atoms with Gasteiger partial charge >= 0.3 is 0 Å². The molecule has 1 unspecified atom stereocenters. The van der Waals surface area contributed by atoms with E-state index in [1.165, 1.54) is 23.5 Å². The van der Waals surface area contributed by atoms with Crippen LogP contribution in [-0.4, -0.2) is 24.5 Å². The first kappa shape index (κ1) is 19.8. The third-order valence-corrected chi connectivity index (χ3v) is 4.57. The summed E-state index contributed by atoms with van der Waals surface area (Å²) in [7, 11) is 1.82. The average molecular weight is 374 g/mol. The third-order valence-electron chi connectivity index (χ3n) is 3.81. The van der Waals surface area contributed by atoms with Gasteiger partial charge in [0.1, 0.15) is 5.82 Å². The van der Waals surface area contributed by atoms with E-state index in [9.17, 15) is 9.18 Å². The number of anilines is 1. The van der Waals surface area contributed by atoms with E-state index >= 15 is 0 Å². The summed E-state index contributed by atoms with van der Waals surface area (Å²) in [5, 5.41) is 8.20. The lowest BCUT2D eigenvalue weighted by molar-refractivity contribution is -0.117. The summed E-state index contributed by atoms with van der Waals surface area (Å²) < 4.78 is 13.1. The largest absolute Gasteiger partial charge is 0.394 e. The van der Waals surface area contributed by atoms with Crippen molar-refractivity contribution in [2.75, 3.05) is 18.9 Å². The highest BCUT2D eigenvalue weighted by Crippen LogP contribution is 2.26. The second-order valence-electron chi connectivity index (χ2n) is 5.57. The molecule has 1 aromatic heterocycles. The quantitative estimate of drug-likeness (QED) is 0.618. The predicted molar refractivity (Wildman–Crippen MR) is 105 cm³/mol. The number of allylic oxidation sites excluding steroid dienone is 3. The van der Waals surface area contributed by atoms with Gasteiger partial charge in [0.15, 0.2) is 5.13 Å². The number of carbonyl (C=O) groups is 1. The molecule has 1 heterocycles. The molecule has 0 saturated carbocycles. The molecule has 0 bridgehead atoms. The Labute approximate surface area is 156 Å². The molecule has 0 saturated heterocycles. The molecule has 1 aromatic carbocycles. The maximum atomic E-state index is 13.1. The van der Waals surface area contributed by atoms with Crippen molar-refractivity contribution in [1.29, 1.82) is 0 Å². The summed E-state index contributed by atoms with van der Waals surface area (Å²) in [5.41, 5.74) is 8.12. The molecule has 0 aliphatic carbocycles. The molecule has 26 heavy (non-hydrogen) atoms. The van der Waals surface area contributed by atoms with E-state index in [2.05, 4.69) is 15.6 Å². The Morgan fingerprint density at radius 2 is 2.12 bits per heavy atom. The number of carbonyl (C=O) groups excluding carboxylic acids is 1. The summed E-state index contributed by atoms with van der Waals surface area (Å²) in [6, 6.07) is 5.92. The van der Waals surface area contributed by atoms with E-state index in [4.69, 9.17) is 5.73 Å². The van der Waals surface area contributed by atoms with E-state index in [-0.39, 0.29) is 11.7 Å². The maximum absolute atomic E-state index is 13.1. The lowest BCUT2D eigenvalue weighted by atomic mass is 9.95. The van der Waals surface area contributed by atoms with E-state index in [0.29, 0.717) is 18.1 Å². The van der Waals surface area contributed by atoms with Crippen LogP contribution in [0.1, 0.15) is 30.5 Å². The summed E-state index contributed by atoms with van der Waals surface area (Å²) in [4.78, 5) is 17.1. The van der Waals surface area contributed by atoms with Crippen molar-refractivity contribution < 1.29 is 9.18 Å². The number of hydrogen-bond donors (Lipinski definition) is 3. The van der Waals surface area contributed by atoms with Crippen LogP contribution in [0.5, 0.6) is 0 Å². The highest BCUT2D eigenvalue weighted by atomic mass is 32.1. The number of nitrogens with one attached hydrogen (secondary N) is 2. The number of aromatic nitrogens is 1. The molecule has 0 aliphatic heterocycles. The Morgan fingerprint density at radius 1 is 1.38 bits per heavy atom. The van der Waals surface area contributed by atoms with Gasteiger partial charge in [0.05, 0.1) is 11.6 Å². The number of amides is 1. The second kappa shape index (κ2) is 9.84. The van der Waals surface area contributed by atoms with Crippen LogP contribution in [0.4, 0.5) is 9.52 Å². The summed E-state index contributed by atoms with van der Waals surface area (Å²) in [5.74, 6) is -0.979. The molecule has 0 fully saturated rings. The van der Waals surface area contributed by atoms with Gasteiger partial charge in [-0.3, -0.25) is 4.79 Å². The second-order valence-corrected chi connectivity index (χ2v) is 6.43. The Bertz CT molecular complexity index is 783. The van der Waals surface area contributed by atoms with Crippen LogP contribution in [-0.2, 0) is 4.79 Å². The lowest BCUT2D eigenvalue weighted by Gasteiger charge is -2.15. The van der Waals surface area contributed by atoms with Gasteiger partial charge in [-0.1, -0.05) is 18.2 Å². The fourth-order valence-corrected chi connectivity index (χ4v) is 3.19. The zero-order valence-electron chi connectivity index (χ0n) is 14.8. The predicted octanol–water partition coefficient (Wildman–Crippen LogP) is 3.49. The first-order valence-electron chi connectivity index (χ1n) is 8.31. The Kier molecular flexibility index (Phi) is 7.50. The first-order chi connectivity index (χ1) is 12.6. The van der Waals surface area contributed by atoms with Crippen LogP contribution in [0.3, 0.4) is 0 Å². The zero-order chi connectivity index (χ0) is 18.9. The van der Waals surface area contributed by atoms with Crippen molar-refractivity contribution in [3.05, 3.63) is 65.1 Å². The fourth-order valence-electron chi connectivity index (χ4n) is 2.47. The molecular formula is C19H23FN4OS. The maximum Gasteiger partial charge on any atom is 0.233 e. The van der Waals surface area contributed by atoms with Gasteiger partial charge in [0.25, 0.3) is 0 Å². The van der Waals surface area contributed by atoms with Crippen molar-refractivity contribution in [1.82, 2.24) is 10.3 Å². The molecule has 1 atom stereocenters. The van der Waals surface area contributed by atoms with E-state index in [1.807, 2.05) is 37.7 Å². The number of rotatable bonds is 8. The first-order valence-corrected chi connectivity index (χ1v) is 9.19. The summed E-state index contributed by atoms with van der Waals surface area (Å²) in [6.07, 6.45) is 6.15. The van der Waals surface area contributed by atoms with Gasteiger partial charge in [0.2, 0.25) is 5.91 Å². The molecule has 4 N–H and O–H groups in total. The molecule has 7 heteroatoms. The number of benzene rings is 1. The van der Waals surface area contributed by atoms with Gasteiger partial charge in [-0.25, -0.2) is 9.37 Å². The van der Waals surface area contributed by atoms with Crippen LogP contribution in [0.2, 0.25) is 0 Å². The van der Waals surface area contributed by atoms with E-state index in [0.717, 1.165) is 16.8 Å². The molecular weight excluding hydrogens is 351 g/mol. The number of nitrogens with zero attached hydrogens (tertiary/aromatic N) is 1. The standard InChI is InChI=1S/C19H23FN4OS/c1-3-13(9-11-22-2)17-12-26-19(23-17)24-18(25)16(8-10-21)14-4-6-15(20)7-5-14/h3-7,9,11-12,16,22H,8,10,21H2,1-2H3,(H,23,24,25)/b11-9-,13-3+. The molecule has 138 valence electrons. The number of hydrogen-bond acceptors (Lipinski definition) is 5. The number of halogens is 1. The van der Waals surface area contributed by atoms with Gasteiger partial charge < -0.3 is 16.4 Å². The van der Waals surface area contributed by atoms with Crippen LogP contribution in [0.15, 0.2) is 48.0 Å². The SMILES string of the molecule is C/C=C(\C=C/NC)c1csc(NC(=O)C(CCN)c2ccc(F)cc2)n1. The molecule has 2 rings (SSSR count). The van der Waals surface area contributed by atoms with E-state index < -0.39 is 5.92 Å². The van der Waals surface area contributed by atoms with Crippen molar-refractivity contribution >= 4 is 27.9 Å². The highest BCUT2D eigenvalue weighted by Gasteiger charge is 2.21. The lowest BCUT2D eigenvalue weighted by Crippen LogP contribution is -2.23. The van der Waals surface area contributed by atoms with Crippen molar-refractivity contribution in [2.24, 2.45) is 5.73 Å². The fraction of sp³-hybridized carbons (Fsp3) is 0.263. The van der Waals surface area contributed by atoms with Crippen LogP contribution in [0.25, 0.3) is 5.57 Å². The van der Waals surface area contributed by atoms with Crippen LogP contribution >= 0.6 is 11.3 Å². The van der Waals surface area contributed by atoms with Gasteiger partial charge in [-0.05, 0) is 55.4 Å². The van der Waals surface area contributed by atoms with Crippen LogP contribution < -0.4 is 16.4 Å². The molecule has 5 nitrogen and oxygen atoms in total. The normalized spacial score (nSPS) is 13.0.